The normalized spacial score (nSPS) is 22.8. The molecule has 4 aromatic rings. The van der Waals surface area contributed by atoms with Crippen molar-refractivity contribution in [2.75, 3.05) is 0 Å². The zero-order chi connectivity index (χ0) is 36.1. The van der Waals surface area contributed by atoms with Gasteiger partial charge in [0.2, 0.25) is 0 Å². The van der Waals surface area contributed by atoms with Gasteiger partial charge in [0.05, 0.1) is 0 Å². The summed E-state index contributed by atoms with van der Waals surface area (Å²) in [5.74, 6) is 2.24. The van der Waals surface area contributed by atoms with Crippen molar-refractivity contribution >= 4 is 8.78 Å². The van der Waals surface area contributed by atoms with E-state index in [1.165, 1.54) is 73.7 Å². The fourth-order valence-corrected chi connectivity index (χ4v) is 10.3. The van der Waals surface area contributed by atoms with Crippen molar-refractivity contribution in [3.8, 4) is 0 Å². The zero-order valence-electron chi connectivity index (χ0n) is 32.5. The van der Waals surface area contributed by atoms with E-state index in [4.69, 9.17) is 0 Å². The van der Waals surface area contributed by atoms with Gasteiger partial charge in [0.15, 0.2) is 0 Å². The standard InChI is InChI=1S/C29H37.C15H14.C5H5.ClH.Zr/c1-18-25-22-17-19-13-9-10-14-20(19)24(22)21-15-11-12-16-23(21)29(25,8)28(6,7)27(4,5)26(18,2)3;1-12-3-7-14(8-4-12)11-15-9-5-13(2)6-10-15;1-2-4-5-3-1;;/h9-11,13-15,23H,12,16-17H2,1-8H3;3-10H,1-2H3;1-5H;1H;/q-1;;-1;;/p-1. The molecule has 0 nitrogen and oxygen atoms in total. The van der Waals surface area contributed by atoms with E-state index < -0.39 is 0 Å². The topological polar surface area (TPSA) is 0 Å². The number of hydrogen-bond donors (Lipinski definition) is 0. The van der Waals surface area contributed by atoms with Crippen LogP contribution in [0, 0.1) is 47.3 Å². The molecule has 2 heteroatoms. The fourth-order valence-electron chi connectivity index (χ4n) is 9.50. The van der Waals surface area contributed by atoms with Gasteiger partial charge in [-0.15, -0.1) is 6.92 Å². The first-order chi connectivity index (χ1) is 23.6. The summed E-state index contributed by atoms with van der Waals surface area (Å²) in [4.78, 5) is 0. The van der Waals surface area contributed by atoms with Gasteiger partial charge in [-0.3, -0.25) is 0 Å². The van der Waals surface area contributed by atoms with Gasteiger partial charge >= 0.3 is 112 Å². The predicted molar refractivity (Wildman–Crippen MR) is 212 cm³/mol. The molecule has 0 radical (unpaired) electrons. The Morgan fingerprint density at radius 2 is 1.29 bits per heavy atom. The number of halogens is 1. The molecule has 1 fully saturated rings. The summed E-state index contributed by atoms with van der Waals surface area (Å²) in [5, 5.41) is 0. The predicted octanol–water partition coefficient (Wildman–Crippen LogP) is 9.79. The Bertz CT molecular complexity index is 1880. The van der Waals surface area contributed by atoms with Crippen molar-refractivity contribution in [3.05, 3.63) is 171 Å². The Morgan fingerprint density at radius 3 is 1.82 bits per heavy atom. The molecule has 0 saturated heterocycles. The van der Waals surface area contributed by atoms with Gasteiger partial charge in [-0.25, -0.2) is 18.1 Å². The largest absolute Gasteiger partial charge is 1.00 e. The van der Waals surface area contributed by atoms with Crippen molar-refractivity contribution in [2.24, 2.45) is 27.6 Å². The number of hydrogen-bond acceptors (Lipinski definition) is 0. The summed E-state index contributed by atoms with van der Waals surface area (Å²) in [6, 6.07) is 36.7. The Kier molecular flexibility index (Phi) is 11.5. The minimum absolute atomic E-state index is 0. The molecule has 4 aliphatic rings. The average molecular weight is 772 g/mol. The van der Waals surface area contributed by atoms with E-state index >= 15 is 0 Å². The molecule has 0 N–H and O–H groups in total. The summed E-state index contributed by atoms with van der Waals surface area (Å²) in [5.41, 5.74) is 15.6. The monoisotopic (exact) mass is 769 g/mol. The molecule has 2 atom stereocenters. The number of benzene rings is 3. The van der Waals surface area contributed by atoms with E-state index in [2.05, 4.69) is 154 Å². The molecule has 0 spiro atoms. The number of aryl methyl sites for hydroxylation is 2. The maximum atomic E-state index is 2.62. The van der Waals surface area contributed by atoms with Crippen LogP contribution in [0.25, 0.3) is 5.57 Å². The van der Waals surface area contributed by atoms with Crippen LogP contribution >= 0.6 is 0 Å². The molecule has 8 rings (SSSR count). The van der Waals surface area contributed by atoms with E-state index in [-0.39, 0.29) is 34.1 Å². The second kappa shape index (κ2) is 14.9. The maximum Gasteiger partial charge on any atom is -0.172 e. The molecule has 0 bridgehead atoms. The SMILES string of the molecule is C[C-]1C2=C3Cc4ccccc4C3=C3C=CCCC3C2(C)C(C)(C)C(C)(C)C1(C)C.Cc1ccc([C](=[Zr])c2ccc(C)cc2)cc1.[Cl-].c1cc[cH-]c1. The first kappa shape index (κ1) is 39.4. The van der Waals surface area contributed by atoms with Crippen LogP contribution in [0.15, 0.2) is 132 Å². The smallest absolute Gasteiger partial charge is 0.172 e. The molecule has 4 aromatic carbocycles. The summed E-state index contributed by atoms with van der Waals surface area (Å²) in [6.07, 6.45) is 8.50. The molecule has 2 unspecified atom stereocenters. The Labute approximate surface area is 330 Å². The first-order valence-electron chi connectivity index (χ1n) is 18.6. The van der Waals surface area contributed by atoms with E-state index in [9.17, 15) is 0 Å². The van der Waals surface area contributed by atoms with Crippen LogP contribution in [0.1, 0.15) is 102 Å². The fraction of sp³-hybridized carbons (Fsp3) is 0.367. The molecule has 0 aliphatic heterocycles. The third-order valence-corrected chi connectivity index (χ3v) is 15.4. The van der Waals surface area contributed by atoms with E-state index in [0.717, 1.165) is 6.42 Å². The van der Waals surface area contributed by atoms with Crippen LogP contribution in [-0.4, -0.2) is 3.21 Å². The van der Waals surface area contributed by atoms with Crippen molar-refractivity contribution < 1.29 is 36.6 Å². The minimum atomic E-state index is 0. The molecule has 0 heterocycles. The molecule has 4 aliphatic carbocycles. The molecular formula is C49H56ClZr-3. The van der Waals surface area contributed by atoms with Crippen molar-refractivity contribution in [1.82, 2.24) is 0 Å². The van der Waals surface area contributed by atoms with Gasteiger partial charge < -0.3 is 12.4 Å². The zero-order valence-corrected chi connectivity index (χ0v) is 35.8. The summed E-state index contributed by atoms with van der Waals surface area (Å²) in [7, 11) is 0. The molecule has 0 amide bonds. The Hall–Kier alpha value is -2.86. The third kappa shape index (κ3) is 6.55. The van der Waals surface area contributed by atoms with Crippen LogP contribution in [0.3, 0.4) is 0 Å². The number of allylic oxidation sites excluding steroid dienone is 6. The molecule has 1 saturated carbocycles. The van der Waals surface area contributed by atoms with Gasteiger partial charge in [0.1, 0.15) is 0 Å². The van der Waals surface area contributed by atoms with Gasteiger partial charge in [-0.1, -0.05) is 113 Å². The third-order valence-electron chi connectivity index (χ3n) is 14.0. The van der Waals surface area contributed by atoms with Gasteiger partial charge in [-0.2, -0.15) is 29.3 Å². The van der Waals surface area contributed by atoms with Crippen LogP contribution in [-0.2, 0) is 30.7 Å². The van der Waals surface area contributed by atoms with Crippen LogP contribution < -0.4 is 12.4 Å². The average Bonchev–Trinajstić information content (AvgIpc) is 3.81. The van der Waals surface area contributed by atoms with Crippen LogP contribution in [0.4, 0.5) is 0 Å². The van der Waals surface area contributed by atoms with Gasteiger partial charge in [0, 0.05) is 0 Å². The van der Waals surface area contributed by atoms with Crippen LogP contribution in [0.2, 0.25) is 0 Å². The van der Waals surface area contributed by atoms with E-state index in [0.29, 0.717) is 5.92 Å². The van der Waals surface area contributed by atoms with Crippen molar-refractivity contribution in [1.29, 1.82) is 0 Å². The second-order valence-corrected chi connectivity index (χ2v) is 18.1. The summed E-state index contributed by atoms with van der Waals surface area (Å²) in [6.45, 7) is 24.5. The maximum absolute atomic E-state index is 2.62. The van der Waals surface area contributed by atoms with Crippen molar-refractivity contribution in [2.45, 2.75) is 88.5 Å². The minimum Gasteiger partial charge on any atom is -1.00 e. The van der Waals surface area contributed by atoms with Gasteiger partial charge in [0.25, 0.3) is 0 Å². The van der Waals surface area contributed by atoms with Crippen LogP contribution in [0.5, 0.6) is 0 Å². The van der Waals surface area contributed by atoms with Gasteiger partial charge in [-0.05, 0) is 40.6 Å². The molecule has 266 valence electrons. The van der Waals surface area contributed by atoms with E-state index in [1.807, 2.05) is 30.3 Å². The Balaban J connectivity index is 0.000000192. The molecule has 0 aromatic heterocycles. The van der Waals surface area contributed by atoms with Crippen molar-refractivity contribution in [3.63, 3.8) is 0 Å². The molecule has 51 heavy (non-hydrogen) atoms. The second-order valence-electron chi connectivity index (χ2n) is 16.8. The summed E-state index contributed by atoms with van der Waals surface area (Å²) >= 11 is 1.46. The van der Waals surface area contributed by atoms with E-state index in [1.54, 1.807) is 28.2 Å². The molecular weight excluding hydrogens is 715 g/mol. The quantitative estimate of drug-likeness (QED) is 0.178. The summed E-state index contributed by atoms with van der Waals surface area (Å²) < 4.78 is 1.42. The number of fused-ring (bicyclic) bond motifs is 6. The Morgan fingerprint density at radius 1 is 0.745 bits per heavy atom. The number of rotatable bonds is 2. The first-order valence-corrected chi connectivity index (χ1v) is 19.8.